The number of rotatable bonds is 2. The number of hydrogen-bond acceptors (Lipinski definition) is 2. The fourth-order valence-electron chi connectivity index (χ4n) is 1.99. The van der Waals surface area contributed by atoms with Crippen LogP contribution in [0.25, 0.3) is 0 Å². The number of aromatic nitrogens is 1. The average Bonchev–Trinajstić information content (AvgIpc) is 2.33. The van der Waals surface area contributed by atoms with Crippen LogP contribution in [-0.4, -0.2) is 8.94 Å². The van der Waals surface area contributed by atoms with Crippen molar-refractivity contribution >= 4 is 22.9 Å². The van der Waals surface area contributed by atoms with E-state index < -0.39 is 0 Å². The van der Waals surface area contributed by atoms with Gasteiger partial charge in [0.2, 0.25) is 0 Å². The van der Waals surface area contributed by atoms with Crippen LogP contribution >= 0.6 is 11.6 Å². The monoisotopic (exact) mass is 294 g/mol. The molecule has 1 aromatic carbocycles. The van der Waals surface area contributed by atoms with Crippen molar-refractivity contribution in [3.8, 4) is 0 Å². The van der Waals surface area contributed by atoms with E-state index in [0.717, 1.165) is 16.7 Å². The van der Waals surface area contributed by atoms with Gasteiger partial charge in [0.05, 0.1) is 5.02 Å². The largest absolute Gasteiger partial charge is 0.805 e. The first-order valence-electron chi connectivity index (χ1n) is 5.79. The highest BCUT2D eigenvalue weighted by Gasteiger charge is 2.05. The molecule has 0 radical (unpaired) electrons. The molecule has 0 saturated heterocycles. The summed E-state index contributed by atoms with van der Waals surface area (Å²) in [6.45, 7) is 4.02. The van der Waals surface area contributed by atoms with Crippen molar-refractivity contribution in [3.63, 3.8) is 0 Å². The van der Waals surface area contributed by atoms with Gasteiger partial charge in [-0.15, -0.1) is 0 Å². The molecule has 0 unspecified atom stereocenters. The van der Waals surface area contributed by atoms with Crippen LogP contribution in [0.5, 0.6) is 0 Å². The molecule has 0 saturated carbocycles. The highest BCUT2D eigenvalue weighted by atomic mass is 35.5. The summed E-state index contributed by atoms with van der Waals surface area (Å²) in [5.41, 5.74) is 4.03. The summed E-state index contributed by atoms with van der Waals surface area (Å²) in [4.78, 5) is 0. The number of benzene rings is 1. The second kappa shape index (κ2) is 5.63. The lowest BCUT2D eigenvalue weighted by Gasteiger charge is -2.14. The molecule has 0 aliphatic carbocycles. The normalized spacial score (nSPS) is 10.5. The van der Waals surface area contributed by atoms with Crippen molar-refractivity contribution in [2.24, 2.45) is 0 Å². The van der Waals surface area contributed by atoms with E-state index in [9.17, 15) is 9.42 Å². The molecule has 0 amide bonds. The van der Waals surface area contributed by atoms with E-state index in [2.05, 4.69) is 6.07 Å². The molecule has 0 bridgehead atoms. The van der Waals surface area contributed by atoms with Crippen LogP contribution in [0.1, 0.15) is 22.3 Å². The van der Waals surface area contributed by atoms with E-state index in [1.165, 1.54) is 6.20 Å². The molecule has 1 aromatic heterocycles. The molecule has 2 aromatic rings. The molecule has 100 valence electrons. The van der Waals surface area contributed by atoms with Crippen LogP contribution in [0.2, 0.25) is 5.02 Å². The number of aryl methyl sites for hydroxylation is 2. The molecule has 0 spiro atoms. The Hall–Kier alpha value is -1.52. The molecule has 5 heteroatoms. The zero-order chi connectivity index (χ0) is 14.0. The molecule has 19 heavy (non-hydrogen) atoms. The van der Waals surface area contributed by atoms with E-state index in [4.69, 9.17) is 11.6 Å². The van der Waals surface area contributed by atoms with E-state index in [-0.39, 0.29) is 15.9 Å². The van der Waals surface area contributed by atoms with Crippen molar-refractivity contribution in [2.75, 3.05) is 0 Å². The van der Waals surface area contributed by atoms with Gasteiger partial charge in [0.15, 0.2) is 0 Å². The minimum absolute atomic E-state index is 0.158. The lowest BCUT2D eigenvalue weighted by Crippen LogP contribution is -2.00. The molecule has 0 N–H and O–H groups in total. The minimum atomic E-state index is 0.158. The van der Waals surface area contributed by atoms with Crippen molar-refractivity contribution in [1.29, 1.82) is 0 Å². The van der Waals surface area contributed by atoms with Crippen LogP contribution in [0.4, 0.5) is 0 Å². The Kier molecular flexibility index (Phi) is 4.12. The number of halogens is 1. The van der Waals surface area contributed by atoms with E-state index in [1.807, 2.05) is 26.0 Å². The van der Waals surface area contributed by atoms with E-state index in [1.54, 1.807) is 6.07 Å². The lowest BCUT2D eigenvalue weighted by molar-refractivity contribution is 0.698. The van der Waals surface area contributed by atoms with Crippen molar-refractivity contribution < 1.29 is 4.21 Å². The fraction of sp³-hybridized carbons (Fsp3) is 0.214. The van der Waals surface area contributed by atoms with Gasteiger partial charge in [-0.1, -0.05) is 35.4 Å². The summed E-state index contributed by atoms with van der Waals surface area (Å²) in [5.74, 6) is 0. The Labute approximate surface area is 120 Å². The van der Waals surface area contributed by atoms with Crippen LogP contribution in [0.3, 0.4) is 0 Å². The van der Waals surface area contributed by atoms with E-state index >= 15 is 0 Å². The molecule has 0 atom stereocenters. The first kappa shape index (κ1) is 13.9. The third-order valence-electron chi connectivity index (χ3n) is 2.99. The topological polar surface area (TPSA) is 45.1 Å². The van der Waals surface area contributed by atoms with Gasteiger partial charge >= 0.3 is 0 Å². The Morgan fingerprint density at radius 2 is 2.00 bits per heavy atom. The zero-order valence-corrected chi connectivity index (χ0v) is 12.2. The maximum Gasteiger partial charge on any atom is 0.135 e. The lowest BCUT2D eigenvalue weighted by atomic mass is 9.99. The maximum absolute atomic E-state index is 11.6. The maximum atomic E-state index is 11.6. The number of hydrogen-bond donors (Lipinski definition) is 0. The Balaban J connectivity index is 2.55. The van der Waals surface area contributed by atoms with Crippen LogP contribution in [-0.2, 0) is 17.7 Å². The van der Waals surface area contributed by atoms with E-state index in [0.29, 0.717) is 21.7 Å². The van der Waals surface area contributed by atoms with Gasteiger partial charge in [0.1, 0.15) is 15.9 Å². The molecule has 0 aliphatic rings. The number of pyridine rings is 1. The van der Waals surface area contributed by atoms with Crippen molar-refractivity contribution in [2.45, 2.75) is 20.3 Å². The van der Waals surface area contributed by atoms with Gasteiger partial charge in [-0.05, 0) is 36.6 Å². The van der Waals surface area contributed by atoms with Gasteiger partial charge in [0, 0.05) is 12.6 Å². The Morgan fingerprint density at radius 1 is 1.26 bits per heavy atom. The predicted octanol–water partition coefficient (Wildman–Crippen LogP) is 3.44. The molecular formula is C14H13ClNO2S-. The zero-order valence-electron chi connectivity index (χ0n) is 10.6. The summed E-state index contributed by atoms with van der Waals surface area (Å²) >= 11 is 6.09. The Bertz CT molecular complexity index is 718. The molecular weight excluding hydrogens is 282 g/mol. The van der Waals surface area contributed by atoms with Gasteiger partial charge < -0.3 is 9.94 Å². The highest BCUT2D eigenvalue weighted by molar-refractivity contribution is 7.56. The standard InChI is InChI=1S/C14H13ClNO2S/c1-9-3-4-10(2)11(5-9)6-12-7-13(15)8-16(17)14(12)19-18/h3-5,7-8H,6H2,1-2H3/q-1. The van der Waals surface area contributed by atoms with Gasteiger partial charge in [-0.25, -0.2) is 4.21 Å². The fourth-order valence-corrected chi connectivity index (χ4v) is 2.58. The van der Waals surface area contributed by atoms with Crippen molar-refractivity contribution in [1.82, 2.24) is 4.73 Å². The highest BCUT2D eigenvalue weighted by Crippen LogP contribution is 2.19. The third kappa shape index (κ3) is 3.08. The summed E-state index contributed by atoms with van der Waals surface area (Å²) in [7, 11) is 0. The summed E-state index contributed by atoms with van der Waals surface area (Å²) in [6.07, 6.45) is 1.73. The smallest absolute Gasteiger partial charge is 0.135 e. The van der Waals surface area contributed by atoms with Crippen LogP contribution in [0, 0.1) is 23.7 Å². The second-order valence-corrected chi connectivity index (χ2v) is 5.49. The quantitative estimate of drug-likeness (QED) is 0.797. The predicted molar refractivity (Wildman–Crippen MR) is 78.3 cm³/mol. The average molecular weight is 295 g/mol. The summed E-state index contributed by atoms with van der Waals surface area (Å²) < 4.78 is 11.8. The summed E-state index contributed by atoms with van der Waals surface area (Å²) in [6, 6.07) is 7.81. The molecule has 2 rings (SSSR count). The second-order valence-electron chi connectivity index (χ2n) is 4.50. The SMILES string of the molecule is Cc1ccc(C)c(Cc2cc(Cl)cn([O-])c2=S=O)c1. The summed E-state index contributed by atoms with van der Waals surface area (Å²) in [5, 5.41) is 12.0. The number of nitrogens with zero attached hydrogens (tertiary/aromatic N) is 1. The van der Waals surface area contributed by atoms with Gasteiger partial charge in [0.25, 0.3) is 0 Å². The van der Waals surface area contributed by atoms with Crippen molar-refractivity contribution in [3.05, 3.63) is 67.6 Å². The molecule has 0 fully saturated rings. The first-order chi connectivity index (χ1) is 9.01. The first-order valence-corrected chi connectivity index (χ1v) is 6.90. The van der Waals surface area contributed by atoms with Crippen LogP contribution in [0.15, 0.2) is 30.5 Å². The Morgan fingerprint density at radius 3 is 2.68 bits per heavy atom. The molecule has 3 nitrogen and oxygen atoms in total. The minimum Gasteiger partial charge on any atom is -0.805 e. The molecule has 1 heterocycles. The van der Waals surface area contributed by atoms with Gasteiger partial charge in [-0.2, -0.15) is 0 Å². The third-order valence-corrected chi connectivity index (χ3v) is 3.80. The van der Waals surface area contributed by atoms with Gasteiger partial charge in [-0.3, -0.25) is 0 Å². The van der Waals surface area contributed by atoms with Crippen LogP contribution < -0.4 is 0 Å². The molecule has 0 aliphatic heterocycles.